The number of pyridine rings is 2. The number of hydrogen-bond acceptors (Lipinski definition) is 9. The Morgan fingerprint density at radius 1 is 1.26 bits per heavy atom. The zero-order valence-electron chi connectivity index (χ0n) is 19.8. The van der Waals surface area contributed by atoms with Crippen LogP contribution in [0.1, 0.15) is 6.92 Å². The van der Waals surface area contributed by atoms with Crippen molar-refractivity contribution in [3.05, 3.63) is 24.5 Å². The van der Waals surface area contributed by atoms with Crippen LogP contribution in [-0.2, 0) is 26.4 Å². The van der Waals surface area contributed by atoms with Gasteiger partial charge in [-0.15, -0.1) is 0 Å². The molecule has 2 aliphatic rings. The number of nitrogens with one attached hydrogen (secondary N) is 1. The molecular weight excluding hydrogens is 474 g/mol. The molecule has 5 rings (SSSR count). The Hall–Kier alpha value is -3.22. The van der Waals surface area contributed by atoms with E-state index in [1.807, 2.05) is 17.8 Å². The fourth-order valence-electron chi connectivity index (χ4n) is 4.35. The van der Waals surface area contributed by atoms with Crippen LogP contribution in [-0.4, -0.2) is 85.6 Å². The maximum atomic E-state index is 12.5. The van der Waals surface area contributed by atoms with Crippen LogP contribution in [0.4, 0.5) is 5.82 Å². The molecule has 1 atom stereocenters. The van der Waals surface area contributed by atoms with Crippen LogP contribution in [0.2, 0.25) is 0 Å². The molecule has 0 spiro atoms. The van der Waals surface area contributed by atoms with Crippen LogP contribution < -0.4 is 14.8 Å². The van der Waals surface area contributed by atoms with E-state index in [-0.39, 0.29) is 17.0 Å². The molecule has 0 bridgehead atoms. The lowest BCUT2D eigenvalue weighted by atomic mass is 10.1. The average Bonchev–Trinajstić information content (AvgIpc) is 3.13. The largest absolute Gasteiger partial charge is 0.484 e. The third-order valence-corrected chi connectivity index (χ3v) is 6.97. The Balaban J connectivity index is 1.59. The number of fused-ring (bicyclic) bond motifs is 2. The van der Waals surface area contributed by atoms with E-state index < -0.39 is 9.84 Å². The van der Waals surface area contributed by atoms with Crippen molar-refractivity contribution in [3.8, 4) is 22.8 Å². The van der Waals surface area contributed by atoms with E-state index in [1.54, 1.807) is 12.3 Å². The van der Waals surface area contributed by atoms with Crippen LogP contribution in [0.25, 0.3) is 22.2 Å². The van der Waals surface area contributed by atoms with Crippen LogP contribution in [0.5, 0.6) is 11.5 Å². The zero-order valence-corrected chi connectivity index (χ0v) is 20.6. The minimum atomic E-state index is -3.63. The molecule has 12 heteroatoms. The maximum Gasteiger partial charge on any atom is 0.222 e. The number of rotatable bonds is 5. The topological polar surface area (TPSA) is 125 Å². The summed E-state index contributed by atoms with van der Waals surface area (Å²) in [5, 5.41) is 3.32. The van der Waals surface area contributed by atoms with E-state index in [0.717, 1.165) is 30.2 Å². The second-order valence-electron chi connectivity index (χ2n) is 8.79. The molecule has 35 heavy (non-hydrogen) atoms. The molecule has 0 aliphatic carbocycles. The maximum absolute atomic E-state index is 12.5. The van der Waals surface area contributed by atoms with Gasteiger partial charge in [0.2, 0.25) is 5.91 Å². The smallest absolute Gasteiger partial charge is 0.222 e. The monoisotopic (exact) mass is 501 g/mol. The normalized spacial score (nSPS) is 18.5. The van der Waals surface area contributed by atoms with Crippen LogP contribution >= 0.6 is 0 Å². The van der Waals surface area contributed by atoms with Gasteiger partial charge >= 0.3 is 0 Å². The van der Waals surface area contributed by atoms with Crippen LogP contribution in [0, 0.1) is 0 Å². The highest BCUT2D eigenvalue weighted by Crippen LogP contribution is 2.44. The first-order chi connectivity index (χ1) is 16.7. The Morgan fingerprint density at radius 2 is 2.03 bits per heavy atom. The van der Waals surface area contributed by atoms with E-state index in [2.05, 4.69) is 20.2 Å². The van der Waals surface area contributed by atoms with Gasteiger partial charge in [0.1, 0.15) is 24.2 Å². The minimum absolute atomic E-state index is 0.102. The van der Waals surface area contributed by atoms with Crippen molar-refractivity contribution >= 4 is 32.5 Å². The number of anilines is 1. The molecule has 0 radical (unpaired) electrons. The summed E-state index contributed by atoms with van der Waals surface area (Å²) in [6.07, 6.45) is 4.34. The van der Waals surface area contributed by atoms with Gasteiger partial charge in [-0.1, -0.05) is 0 Å². The number of ether oxygens (including phenoxy) is 3. The molecule has 5 heterocycles. The van der Waals surface area contributed by atoms with E-state index in [9.17, 15) is 13.2 Å². The fourth-order valence-corrected chi connectivity index (χ4v) is 4.93. The van der Waals surface area contributed by atoms with E-state index in [4.69, 9.17) is 14.2 Å². The first kappa shape index (κ1) is 23.5. The van der Waals surface area contributed by atoms with Gasteiger partial charge in [0.25, 0.3) is 0 Å². The number of carbonyl (C=O) groups excluding carboxylic acids is 1. The zero-order chi connectivity index (χ0) is 24.7. The Morgan fingerprint density at radius 3 is 2.74 bits per heavy atom. The highest BCUT2D eigenvalue weighted by atomic mass is 32.2. The predicted molar refractivity (Wildman–Crippen MR) is 129 cm³/mol. The molecule has 2 aliphatic heterocycles. The summed E-state index contributed by atoms with van der Waals surface area (Å²) in [7, 11) is -1.78. The van der Waals surface area contributed by atoms with Crippen molar-refractivity contribution in [2.75, 3.05) is 51.0 Å². The van der Waals surface area contributed by atoms with E-state index in [0.29, 0.717) is 54.9 Å². The van der Waals surface area contributed by atoms with Crippen molar-refractivity contribution in [3.63, 3.8) is 0 Å². The highest BCUT2D eigenvalue weighted by Gasteiger charge is 2.30. The molecule has 1 fully saturated rings. The Kier molecular flexibility index (Phi) is 6.11. The second-order valence-corrected chi connectivity index (χ2v) is 10.8. The molecule has 1 unspecified atom stereocenters. The number of amides is 1. The second kappa shape index (κ2) is 9.10. The number of morpholine rings is 1. The van der Waals surface area contributed by atoms with Gasteiger partial charge in [-0.05, 0) is 6.07 Å². The van der Waals surface area contributed by atoms with Crippen LogP contribution in [0.15, 0.2) is 29.6 Å². The third-order valence-electron chi connectivity index (χ3n) is 6.00. The predicted octanol–water partition coefficient (Wildman–Crippen LogP) is 1.47. The minimum Gasteiger partial charge on any atom is -0.484 e. The van der Waals surface area contributed by atoms with Gasteiger partial charge in [0.15, 0.2) is 26.4 Å². The lowest BCUT2D eigenvalue weighted by Gasteiger charge is -2.33. The lowest BCUT2D eigenvalue weighted by molar-refractivity contribution is -0.114. The van der Waals surface area contributed by atoms with Gasteiger partial charge in [-0.3, -0.25) is 9.69 Å². The summed E-state index contributed by atoms with van der Waals surface area (Å²) in [6, 6.07) is 3.16. The van der Waals surface area contributed by atoms with Crippen molar-refractivity contribution in [1.29, 1.82) is 0 Å². The van der Waals surface area contributed by atoms with Crippen molar-refractivity contribution < 1.29 is 27.4 Å². The fraction of sp³-hybridized carbons (Fsp3) is 0.435. The summed E-state index contributed by atoms with van der Waals surface area (Å²) in [5.41, 5.74) is 1.79. The molecule has 1 amide bonds. The summed E-state index contributed by atoms with van der Waals surface area (Å²) < 4.78 is 44.7. The lowest BCUT2D eigenvalue weighted by Crippen LogP contribution is -2.45. The summed E-state index contributed by atoms with van der Waals surface area (Å²) in [6.45, 7) is 5.33. The molecule has 0 aromatic carbocycles. The van der Waals surface area contributed by atoms with Crippen molar-refractivity contribution in [2.45, 2.75) is 18.1 Å². The van der Waals surface area contributed by atoms with Gasteiger partial charge < -0.3 is 24.1 Å². The van der Waals surface area contributed by atoms with Gasteiger partial charge in [0.05, 0.1) is 24.9 Å². The molecule has 1 saturated heterocycles. The van der Waals surface area contributed by atoms with Crippen LogP contribution in [0.3, 0.4) is 0 Å². The number of carbonyl (C=O) groups is 1. The van der Waals surface area contributed by atoms with E-state index in [1.165, 1.54) is 13.0 Å². The molecule has 11 nitrogen and oxygen atoms in total. The molecular formula is C23H27N5O6S. The molecule has 0 saturated carbocycles. The first-order valence-corrected chi connectivity index (χ1v) is 13.2. The third kappa shape index (κ3) is 4.81. The summed E-state index contributed by atoms with van der Waals surface area (Å²) in [4.78, 5) is 22.6. The Bertz CT molecular complexity index is 1400. The van der Waals surface area contributed by atoms with Gasteiger partial charge in [0, 0.05) is 63.1 Å². The highest BCUT2D eigenvalue weighted by molar-refractivity contribution is 7.90. The number of hydrogen-bond donors (Lipinski definition) is 1. The van der Waals surface area contributed by atoms with Gasteiger partial charge in [-0.2, -0.15) is 0 Å². The quantitative estimate of drug-likeness (QED) is 0.553. The van der Waals surface area contributed by atoms with Crippen molar-refractivity contribution in [1.82, 2.24) is 19.4 Å². The average molecular weight is 502 g/mol. The number of sulfone groups is 1. The molecule has 3 aromatic rings. The summed E-state index contributed by atoms with van der Waals surface area (Å²) >= 11 is 0. The molecule has 186 valence electrons. The molecule has 1 N–H and O–H groups in total. The SMILES string of the molecule is CC(=O)Nc1cc2c(-c3nc(S(C)(=O)=O)cc4c3OCC(CN3CCOCC3)O4)cn(C)c2cn1. The Labute approximate surface area is 202 Å². The number of aromatic nitrogens is 3. The molecule has 3 aromatic heterocycles. The first-order valence-electron chi connectivity index (χ1n) is 11.3. The standard InChI is InChI=1S/C23H27N5O6S/c1-14(29)25-20-8-16-17(12-27(2)18(16)10-24-20)22-23-19(9-21(26-22)35(3,30)31)34-15(13-33-23)11-28-4-6-32-7-5-28/h8-10,12,15H,4-7,11,13H2,1-3H3,(H,24,25,29). The van der Waals surface area contributed by atoms with Crippen molar-refractivity contribution in [2.24, 2.45) is 7.05 Å². The summed E-state index contributed by atoms with van der Waals surface area (Å²) in [5.74, 6) is 0.870. The van der Waals surface area contributed by atoms with E-state index >= 15 is 0 Å². The number of aryl methyl sites for hydroxylation is 1. The van der Waals surface area contributed by atoms with Gasteiger partial charge in [-0.25, -0.2) is 18.4 Å². The number of nitrogens with zero attached hydrogens (tertiary/aromatic N) is 4.